The number of halogens is 2. The lowest BCUT2D eigenvalue weighted by Crippen LogP contribution is -2.26. The third-order valence-electron chi connectivity index (χ3n) is 3.30. The Kier molecular flexibility index (Phi) is 5.13. The summed E-state index contributed by atoms with van der Waals surface area (Å²) in [6.07, 6.45) is 0.657. The molecule has 1 amide bonds. The molecular formula is C17H13Cl2N3O2. The fourth-order valence-corrected chi connectivity index (χ4v) is 2.45. The average molecular weight is 362 g/mol. The first kappa shape index (κ1) is 16.5. The first-order chi connectivity index (χ1) is 11.6. The maximum Gasteiger partial charge on any atom is 0.308 e. The van der Waals surface area contributed by atoms with Crippen molar-refractivity contribution in [3.8, 4) is 11.5 Å². The Morgan fingerprint density at radius 3 is 2.58 bits per heavy atom. The van der Waals surface area contributed by atoms with Gasteiger partial charge in [-0.1, -0.05) is 35.3 Å². The molecule has 3 rings (SSSR count). The Bertz CT molecular complexity index is 847. The molecule has 0 saturated heterocycles. The number of carbonyl (C=O) groups is 1. The van der Waals surface area contributed by atoms with Gasteiger partial charge in [0.1, 0.15) is 0 Å². The minimum atomic E-state index is -0.412. The molecule has 0 atom stereocenters. The lowest BCUT2D eigenvalue weighted by atomic mass is 10.1. The molecule has 7 heteroatoms. The van der Waals surface area contributed by atoms with Gasteiger partial charge in [-0.25, -0.2) is 0 Å². The van der Waals surface area contributed by atoms with Gasteiger partial charge in [-0.2, -0.15) is 0 Å². The predicted octanol–water partition coefficient (Wildman–Crippen LogP) is 4.02. The van der Waals surface area contributed by atoms with Crippen molar-refractivity contribution >= 4 is 29.1 Å². The molecule has 1 N–H and O–H groups in total. The van der Waals surface area contributed by atoms with Gasteiger partial charge in [0, 0.05) is 22.2 Å². The Hall–Kier alpha value is -2.37. The number of amides is 1. The number of hydrogen-bond acceptors (Lipinski definition) is 4. The topological polar surface area (TPSA) is 68.0 Å². The van der Waals surface area contributed by atoms with Crippen molar-refractivity contribution in [2.45, 2.75) is 6.42 Å². The number of hydrogen-bond donors (Lipinski definition) is 1. The first-order valence-corrected chi connectivity index (χ1v) is 7.99. The average Bonchev–Trinajstić information content (AvgIpc) is 3.05. The van der Waals surface area contributed by atoms with E-state index in [-0.39, 0.29) is 11.8 Å². The van der Waals surface area contributed by atoms with E-state index in [1.807, 2.05) is 18.2 Å². The summed E-state index contributed by atoms with van der Waals surface area (Å²) in [5, 5.41) is 11.7. The Morgan fingerprint density at radius 1 is 1.04 bits per heavy atom. The number of nitrogens with zero attached hydrogens (tertiary/aromatic N) is 2. The van der Waals surface area contributed by atoms with Crippen LogP contribution < -0.4 is 5.32 Å². The highest BCUT2D eigenvalue weighted by molar-refractivity contribution is 6.30. The van der Waals surface area contributed by atoms with E-state index in [0.717, 1.165) is 5.56 Å². The van der Waals surface area contributed by atoms with Crippen molar-refractivity contribution in [3.63, 3.8) is 0 Å². The maximum atomic E-state index is 12.0. The van der Waals surface area contributed by atoms with Crippen LogP contribution in [0, 0.1) is 0 Å². The van der Waals surface area contributed by atoms with Crippen molar-refractivity contribution in [2.75, 3.05) is 6.54 Å². The van der Waals surface area contributed by atoms with Crippen molar-refractivity contribution in [1.82, 2.24) is 15.5 Å². The van der Waals surface area contributed by atoms with E-state index in [2.05, 4.69) is 15.5 Å². The summed E-state index contributed by atoms with van der Waals surface area (Å²) in [4.78, 5) is 12.0. The van der Waals surface area contributed by atoms with E-state index in [1.54, 1.807) is 30.3 Å². The number of aromatic nitrogens is 2. The fourth-order valence-electron chi connectivity index (χ4n) is 2.11. The molecule has 0 unspecified atom stereocenters. The minimum absolute atomic E-state index is 0.0777. The summed E-state index contributed by atoms with van der Waals surface area (Å²) in [6, 6.07) is 14.4. The van der Waals surface area contributed by atoms with Gasteiger partial charge in [0.15, 0.2) is 0 Å². The van der Waals surface area contributed by atoms with Crippen LogP contribution in [0.2, 0.25) is 10.0 Å². The van der Waals surface area contributed by atoms with Crippen molar-refractivity contribution in [1.29, 1.82) is 0 Å². The summed E-state index contributed by atoms with van der Waals surface area (Å²) >= 11 is 11.8. The van der Waals surface area contributed by atoms with Crippen LogP contribution in [0.25, 0.3) is 11.5 Å². The highest BCUT2D eigenvalue weighted by atomic mass is 35.5. The molecule has 122 valence electrons. The zero-order valence-corrected chi connectivity index (χ0v) is 14.0. The van der Waals surface area contributed by atoms with Gasteiger partial charge in [0.05, 0.1) is 0 Å². The molecule has 0 fully saturated rings. The van der Waals surface area contributed by atoms with Crippen LogP contribution in [0.5, 0.6) is 0 Å². The normalized spacial score (nSPS) is 10.6. The SMILES string of the molecule is O=C(NCCc1cccc(Cl)c1)c1nnc(-c2ccc(Cl)cc2)o1. The first-order valence-electron chi connectivity index (χ1n) is 7.24. The summed E-state index contributed by atoms with van der Waals surface area (Å²) in [6.45, 7) is 0.442. The molecular weight excluding hydrogens is 349 g/mol. The second-order valence-electron chi connectivity index (χ2n) is 5.06. The third kappa shape index (κ3) is 4.13. The Labute approximate surface area is 148 Å². The maximum absolute atomic E-state index is 12.0. The molecule has 3 aromatic rings. The summed E-state index contributed by atoms with van der Waals surface area (Å²) in [5.41, 5.74) is 1.74. The van der Waals surface area contributed by atoms with Gasteiger partial charge in [-0.05, 0) is 48.4 Å². The molecule has 0 aliphatic carbocycles. The van der Waals surface area contributed by atoms with E-state index in [9.17, 15) is 4.79 Å². The zero-order valence-electron chi connectivity index (χ0n) is 12.5. The van der Waals surface area contributed by atoms with Crippen molar-refractivity contribution in [3.05, 3.63) is 70.0 Å². The number of carbonyl (C=O) groups excluding carboxylic acids is 1. The smallest absolute Gasteiger partial charge is 0.308 e. The van der Waals surface area contributed by atoms with Crippen LogP contribution in [0.15, 0.2) is 52.9 Å². The molecule has 5 nitrogen and oxygen atoms in total. The lowest BCUT2D eigenvalue weighted by Gasteiger charge is -2.03. The van der Waals surface area contributed by atoms with Crippen LogP contribution in [0.4, 0.5) is 0 Å². The molecule has 1 aromatic heterocycles. The van der Waals surface area contributed by atoms with E-state index in [4.69, 9.17) is 27.6 Å². The molecule has 0 aliphatic heterocycles. The Balaban J connectivity index is 1.58. The minimum Gasteiger partial charge on any atom is -0.412 e. The van der Waals surface area contributed by atoms with Gasteiger partial charge in [0.25, 0.3) is 0 Å². The van der Waals surface area contributed by atoms with Crippen molar-refractivity contribution < 1.29 is 9.21 Å². The Morgan fingerprint density at radius 2 is 1.83 bits per heavy atom. The molecule has 0 bridgehead atoms. The highest BCUT2D eigenvalue weighted by Crippen LogP contribution is 2.20. The second-order valence-corrected chi connectivity index (χ2v) is 5.93. The molecule has 0 aliphatic rings. The van der Waals surface area contributed by atoms with Crippen LogP contribution in [-0.2, 0) is 6.42 Å². The summed E-state index contributed by atoms with van der Waals surface area (Å²) in [5.74, 6) is -0.220. The van der Waals surface area contributed by atoms with Gasteiger partial charge in [-0.3, -0.25) is 4.79 Å². The number of nitrogens with one attached hydrogen (secondary N) is 1. The van der Waals surface area contributed by atoms with Crippen LogP contribution in [-0.4, -0.2) is 22.6 Å². The van der Waals surface area contributed by atoms with Crippen molar-refractivity contribution in [2.24, 2.45) is 0 Å². The molecule has 1 heterocycles. The zero-order chi connectivity index (χ0) is 16.9. The molecule has 0 radical (unpaired) electrons. The molecule has 2 aromatic carbocycles. The van der Waals surface area contributed by atoms with E-state index in [0.29, 0.717) is 28.6 Å². The quantitative estimate of drug-likeness (QED) is 0.745. The van der Waals surface area contributed by atoms with E-state index in [1.165, 1.54) is 0 Å². The van der Waals surface area contributed by atoms with Gasteiger partial charge >= 0.3 is 11.8 Å². The number of benzene rings is 2. The van der Waals surface area contributed by atoms with Crippen LogP contribution in [0.1, 0.15) is 16.2 Å². The van der Waals surface area contributed by atoms with E-state index >= 15 is 0 Å². The van der Waals surface area contributed by atoms with Crippen LogP contribution >= 0.6 is 23.2 Å². The molecule has 24 heavy (non-hydrogen) atoms. The van der Waals surface area contributed by atoms with Gasteiger partial charge < -0.3 is 9.73 Å². The van der Waals surface area contributed by atoms with Gasteiger partial charge in [-0.15, -0.1) is 10.2 Å². The largest absolute Gasteiger partial charge is 0.412 e. The predicted molar refractivity (Wildman–Crippen MR) is 92.2 cm³/mol. The summed E-state index contributed by atoms with van der Waals surface area (Å²) in [7, 11) is 0. The molecule has 0 spiro atoms. The van der Waals surface area contributed by atoms with Crippen LogP contribution in [0.3, 0.4) is 0 Å². The van der Waals surface area contributed by atoms with Gasteiger partial charge in [0.2, 0.25) is 5.89 Å². The summed E-state index contributed by atoms with van der Waals surface area (Å²) < 4.78 is 5.39. The number of rotatable bonds is 5. The highest BCUT2D eigenvalue weighted by Gasteiger charge is 2.15. The standard InChI is InChI=1S/C17H13Cl2N3O2/c18-13-6-4-12(5-7-13)16-21-22-17(24-16)15(23)20-9-8-11-2-1-3-14(19)10-11/h1-7,10H,8-9H2,(H,20,23). The molecule has 0 saturated carbocycles. The fraction of sp³-hybridized carbons (Fsp3) is 0.118. The van der Waals surface area contributed by atoms with E-state index < -0.39 is 5.91 Å². The lowest BCUT2D eigenvalue weighted by molar-refractivity contribution is 0.0920. The second kappa shape index (κ2) is 7.47. The third-order valence-corrected chi connectivity index (χ3v) is 3.79. The monoisotopic (exact) mass is 361 g/mol.